The molecule has 0 atom stereocenters. The molecule has 1 N–H and O–H groups in total. The molecule has 2 aromatic rings. The highest BCUT2D eigenvalue weighted by molar-refractivity contribution is 5.30. The SMILES string of the molecule is c1cc(NCCn2ccnn2)ncn1. The summed E-state index contributed by atoms with van der Waals surface area (Å²) in [5.41, 5.74) is 0. The van der Waals surface area contributed by atoms with Gasteiger partial charge in [-0.3, -0.25) is 4.68 Å². The number of anilines is 1. The maximum Gasteiger partial charge on any atom is 0.129 e. The van der Waals surface area contributed by atoms with Gasteiger partial charge < -0.3 is 5.32 Å². The highest BCUT2D eigenvalue weighted by Crippen LogP contribution is 1.96. The van der Waals surface area contributed by atoms with Crippen LogP contribution in [0.1, 0.15) is 0 Å². The fourth-order valence-electron chi connectivity index (χ4n) is 1.05. The second-order valence-corrected chi connectivity index (χ2v) is 2.69. The fourth-order valence-corrected chi connectivity index (χ4v) is 1.05. The fraction of sp³-hybridized carbons (Fsp3) is 0.250. The molecule has 0 bridgehead atoms. The first kappa shape index (κ1) is 8.61. The van der Waals surface area contributed by atoms with Crippen LogP contribution in [0.4, 0.5) is 5.82 Å². The van der Waals surface area contributed by atoms with Crippen molar-refractivity contribution in [1.29, 1.82) is 0 Å². The quantitative estimate of drug-likeness (QED) is 0.744. The molecule has 14 heavy (non-hydrogen) atoms. The number of hydrogen-bond acceptors (Lipinski definition) is 5. The Bertz CT molecular complexity index is 357. The molecule has 2 heterocycles. The lowest BCUT2D eigenvalue weighted by atomic mass is 10.5. The Balaban J connectivity index is 1.79. The van der Waals surface area contributed by atoms with Gasteiger partial charge in [-0.1, -0.05) is 5.21 Å². The van der Waals surface area contributed by atoms with E-state index in [1.54, 1.807) is 17.1 Å². The highest BCUT2D eigenvalue weighted by atomic mass is 15.4. The van der Waals surface area contributed by atoms with Crippen molar-refractivity contribution < 1.29 is 0 Å². The van der Waals surface area contributed by atoms with E-state index in [4.69, 9.17) is 0 Å². The van der Waals surface area contributed by atoms with Crippen molar-refractivity contribution in [3.63, 3.8) is 0 Å². The number of rotatable bonds is 4. The zero-order valence-corrected chi connectivity index (χ0v) is 7.54. The second kappa shape index (κ2) is 4.31. The topological polar surface area (TPSA) is 68.5 Å². The first-order chi connectivity index (χ1) is 6.95. The van der Waals surface area contributed by atoms with Crippen LogP contribution in [0.25, 0.3) is 0 Å². The van der Waals surface area contributed by atoms with Gasteiger partial charge in [-0.15, -0.1) is 5.10 Å². The van der Waals surface area contributed by atoms with Gasteiger partial charge in [-0.25, -0.2) is 9.97 Å². The Morgan fingerprint density at radius 3 is 3.07 bits per heavy atom. The monoisotopic (exact) mass is 190 g/mol. The lowest BCUT2D eigenvalue weighted by molar-refractivity contribution is 0.608. The summed E-state index contributed by atoms with van der Waals surface area (Å²) in [6, 6.07) is 1.82. The van der Waals surface area contributed by atoms with Gasteiger partial charge in [0.15, 0.2) is 0 Å². The van der Waals surface area contributed by atoms with Crippen LogP contribution in [0.3, 0.4) is 0 Å². The van der Waals surface area contributed by atoms with Gasteiger partial charge in [0.1, 0.15) is 12.1 Å². The van der Waals surface area contributed by atoms with Crippen molar-refractivity contribution in [3.05, 3.63) is 31.0 Å². The summed E-state index contributed by atoms with van der Waals surface area (Å²) < 4.78 is 1.76. The molecular weight excluding hydrogens is 180 g/mol. The van der Waals surface area contributed by atoms with Gasteiger partial charge in [0.25, 0.3) is 0 Å². The van der Waals surface area contributed by atoms with Gasteiger partial charge in [-0.2, -0.15) is 0 Å². The number of nitrogens with one attached hydrogen (secondary N) is 1. The minimum atomic E-state index is 0.764. The molecule has 6 nitrogen and oxygen atoms in total. The van der Waals surface area contributed by atoms with Crippen LogP contribution in [0.2, 0.25) is 0 Å². The van der Waals surface area contributed by atoms with Crippen LogP contribution in [-0.4, -0.2) is 31.5 Å². The summed E-state index contributed by atoms with van der Waals surface area (Å²) in [5, 5.41) is 10.7. The van der Waals surface area contributed by atoms with E-state index in [1.165, 1.54) is 6.33 Å². The molecule has 0 aliphatic heterocycles. The molecule has 6 heteroatoms. The molecule has 0 aromatic carbocycles. The summed E-state index contributed by atoms with van der Waals surface area (Å²) >= 11 is 0. The summed E-state index contributed by atoms with van der Waals surface area (Å²) in [6.07, 6.45) is 6.69. The number of nitrogens with zero attached hydrogens (tertiary/aromatic N) is 5. The molecule has 0 radical (unpaired) electrons. The maximum atomic E-state index is 4.03. The molecule has 2 aromatic heterocycles. The largest absolute Gasteiger partial charge is 0.368 e. The molecule has 0 spiro atoms. The van der Waals surface area contributed by atoms with Crippen molar-refractivity contribution in [2.45, 2.75) is 6.54 Å². The molecule has 0 saturated carbocycles. The van der Waals surface area contributed by atoms with Gasteiger partial charge in [-0.05, 0) is 6.07 Å². The lowest BCUT2D eigenvalue weighted by Gasteiger charge is -2.03. The van der Waals surface area contributed by atoms with E-state index in [-0.39, 0.29) is 0 Å². The van der Waals surface area contributed by atoms with E-state index >= 15 is 0 Å². The highest BCUT2D eigenvalue weighted by Gasteiger charge is 1.92. The van der Waals surface area contributed by atoms with Crippen LogP contribution in [0, 0.1) is 0 Å². The van der Waals surface area contributed by atoms with E-state index in [0.29, 0.717) is 0 Å². The minimum absolute atomic E-state index is 0.764. The van der Waals surface area contributed by atoms with Crippen molar-refractivity contribution >= 4 is 5.82 Å². The molecule has 0 aliphatic rings. The van der Waals surface area contributed by atoms with E-state index < -0.39 is 0 Å². The smallest absolute Gasteiger partial charge is 0.129 e. The summed E-state index contributed by atoms with van der Waals surface area (Å²) in [6.45, 7) is 1.53. The molecule has 0 aliphatic carbocycles. The van der Waals surface area contributed by atoms with Crippen LogP contribution < -0.4 is 5.32 Å². The molecule has 0 saturated heterocycles. The van der Waals surface area contributed by atoms with Gasteiger partial charge in [0.05, 0.1) is 12.7 Å². The summed E-state index contributed by atoms with van der Waals surface area (Å²) in [7, 11) is 0. The minimum Gasteiger partial charge on any atom is -0.368 e. The Labute approximate surface area is 81.0 Å². The predicted molar refractivity (Wildman–Crippen MR) is 50.5 cm³/mol. The van der Waals surface area contributed by atoms with Crippen molar-refractivity contribution in [2.24, 2.45) is 0 Å². The third kappa shape index (κ3) is 2.25. The van der Waals surface area contributed by atoms with Crippen LogP contribution in [-0.2, 0) is 6.54 Å². The van der Waals surface area contributed by atoms with Gasteiger partial charge >= 0.3 is 0 Å². The van der Waals surface area contributed by atoms with Gasteiger partial charge in [0, 0.05) is 18.9 Å². The van der Waals surface area contributed by atoms with Gasteiger partial charge in [0.2, 0.25) is 0 Å². The molecule has 2 rings (SSSR count). The van der Waals surface area contributed by atoms with Crippen molar-refractivity contribution in [1.82, 2.24) is 25.0 Å². The van der Waals surface area contributed by atoms with E-state index in [9.17, 15) is 0 Å². The third-order valence-electron chi connectivity index (χ3n) is 1.70. The summed E-state index contributed by atoms with van der Waals surface area (Å²) in [4.78, 5) is 7.85. The summed E-state index contributed by atoms with van der Waals surface area (Å²) in [5.74, 6) is 0.820. The normalized spacial score (nSPS) is 10.0. The average Bonchev–Trinajstić information content (AvgIpc) is 2.72. The van der Waals surface area contributed by atoms with Crippen LogP contribution >= 0.6 is 0 Å². The first-order valence-electron chi connectivity index (χ1n) is 4.29. The van der Waals surface area contributed by atoms with Crippen LogP contribution in [0.5, 0.6) is 0 Å². The molecule has 72 valence electrons. The predicted octanol–water partition coefficient (Wildman–Crippen LogP) is 0.180. The standard InChI is InChI=1S/C8H10N6/c1-2-9-7-11-8(1)10-3-5-14-6-4-12-13-14/h1-2,4,6-7H,3,5H2,(H,9,10,11). The molecule has 0 amide bonds. The third-order valence-corrected chi connectivity index (χ3v) is 1.70. The van der Waals surface area contributed by atoms with Crippen molar-refractivity contribution in [3.8, 4) is 0 Å². The number of hydrogen-bond donors (Lipinski definition) is 1. The molecule has 0 unspecified atom stereocenters. The molecule has 0 fully saturated rings. The lowest BCUT2D eigenvalue weighted by Crippen LogP contribution is -2.11. The van der Waals surface area contributed by atoms with E-state index in [1.807, 2.05) is 12.3 Å². The maximum absolute atomic E-state index is 4.03. The number of aromatic nitrogens is 5. The zero-order chi connectivity index (χ0) is 9.64. The Kier molecular flexibility index (Phi) is 2.65. The molecular formula is C8H10N6. The average molecular weight is 190 g/mol. The Morgan fingerprint density at radius 2 is 2.36 bits per heavy atom. The van der Waals surface area contributed by atoms with E-state index in [0.717, 1.165) is 18.9 Å². The Morgan fingerprint density at radius 1 is 1.36 bits per heavy atom. The van der Waals surface area contributed by atoms with Crippen molar-refractivity contribution in [2.75, 3.05) is 11.9 Å². The second-order valence-electron chi connectivity index (χ2n) is 2.69. The zero-order valence-electron chi connectivity index (χ0n) is 7.54. The van der Waals surface area contributed by atoms with E-state index in [2.05, 4.69) is 25.6 Å². The first-order valence-corrected chi connectivity index (χ1v) is 4.29. The van der Waals surface area contributed by atoms with Crippen LogP contribution in [0.15, 0.2) is 31.0 Å². The Hall–Kier alpha value is -1.98.